The number of halogens is 1. The van der Waals surface area contributed by atoms with Crippen LogP contribution in [0.25, 0.3) is 11.3 Å². The fourth-order valence-corrected chi connectivity index (χ4v) is 2.05. The number of nitrogens with zero attached hydrogens (tertiary/aromatic N) is 1. The number of hydrogen-bond acceptors (Lipinski definition) is 2. The molecule has 1 unspecified atom stereocenters. The highest BCUT2D eigenvalue weighted by atomic mass is 35.5. The number of benzene rings is 1. The minimum absolute atomic E-state index is 0.0656. The van der Waals surface area contributed by atoms with Crippen LogP contribution in [0.1, 0.15) is 44.5 Å². The number of hydrogen-bond donors (Lipinski definition) is 0. The van der Waals surface area contributed by atoms with Crippen LogP contribution in [-0.2, 0) is 5.41 Å². The van der Waals surface area contributed by atoms with E-state index < -0.39 is 0 Å². The normalized spacial score (nSPS) is 13.6. The van der Waals surface area contributed by atoms with Crippen molar-refractivity contribution >= 4 is 11.6 Å². The highest BCUT2D eigenvalue weighted by molar-refractivity contribution is 6.20. The van der Waals surface area contributed by atoms with Gasteiger partial charge in [-0.3, -0.25) is 0 Å². The number of aromatic nitrogens is 1. The van der Waals surface area contributed by atoms with Crippen LogP contribution in [0.15, 0.2) is 34.9 Å². The van der Waals surface area contributed by atoms with Crippen LogP contribution in [0.5, 0.6) is 0 Å². The Bertz CT molecular complexity index is 537. The maximum atomic E-state index is 5.98. The second kappa shape index (κ2) is 4.77. The molecule has 1 atom stereocenters. The van der Waals surface area contributed by atoms with Crippen molar-refractivity contribution in [3.63, 3.8) is 0 Å². The molecule has 0 saturated heterocycles. The minimum Gasteiger partial charge on any atom is -0.439 e. The Morgan fingerprint density at radius 1 is 1.22 bits per heavy atom. The van der Waals surface area contributed by atoms with Gasteiger partial charge in [-0.15, -0.1) is 11.6 Å². The highest BCUT2D eigenvalue weighted by Crippen LogP contribution is 2.34. The van der Waals surface area contributed by atoms with E-state index in [-0.39, 0.29) is 10.8 Å². The Morgan fingerprint density at radius 2 is 1.89 bits per heavy atom. The van der Waals surface area contributed by atoms with Crippen molar-refractivity contribution in [2.75, 3.05) is 0 Å². The monoisotopic (exact) mass is 263 g/mol. The molecular formula is C15H18ClNO. The van der Waals surface area contributed by atoms with Crippen molar-refractivity contribution in [3.05, 3.63) is 41.9 Å². The van der Waals surface area contributed by atoms with E-state index in [0.29, 0.717) is 5.89 Å². The van der Waals surface area contributed by atoms with Gasteiger partial charge in [0.1, 0.15) is 5.38 Å². The highest BCUT2D eigenvalue weighted by Gasteiger charge is 2.20. The van der Waals surface area contributed by atoms with Gasteiger partial charge in [-0.05, 0) is 17.9 Å². The van der Waals surface area contributed by atoms with E-state index in [1.807, 2.05) is 19.1 Å². The first-order valence-corrected chi connectivity index (χ1v) is 6.53. The van der Waals surface area contributed by atoms with Gasteiger partial charge in [0.2, 0.25) is 5.89 Å². The van der Waals surface area contributed by atoms with E-state index in [9.17, 15) is 0 Å². The summed E-state index contributed by atoms with van der Waals surface area (Å²) in [7, 11) is 0. The molecule has 0 spiro atoms. The average molecular weight is 264 g/mol. The molecule has 96 valence electrons. The maximum Gasteiger partial charge on any atom is 0.212 e. The molecule has 3 heteroatoms. The van der Waals surface area contributed by atoms with Crippen LogP contribution in [0.4, 0.5) is 0 Å². The second-order valence-electron chi connectivity index (χ2n) is 5.47. The van der Waals surface area contributed by atoms with E-state index in [1.54, 1.807) is 6.20 Å². The van der Waals surface area contributed by atoms with Gasteiger partial charge < -0.3 is 4.42 Å². The maximum absolute atomic E-state index is 5.98. The van der Waals surface area contributed by atoms with Crippen molar-refractivity contribution in [3.8, 4) is 11.3 Å². The van der Waals surface area contributed by atoms with Gasteiger partial charge in [0.25, 0.3) is 0 Å². The van der Waals surface area contributed by atoms with Crippen LogP contribution < -0.4 is 0 Å². The lowest BCUT2D eigenvalue weighted by Crippen LogP contribution is -2.12. The summed E-state index contributed by atoms with van der Waals surface area (Å²) in [6.45, 7) is 8.42. The molecule has 0 saturated carbocycles. The van der Waals surface area contributed by atoms with Gasteiger partial charge in [-0.2, -0.15) is 0 Å². The topological polar surface area (TPSA) is 26.0 Å². The zero-order valence-electron chi connectivity index (χ0n) is 11.2. The Balaban J connectivity index is 2.50. The standard InChI is InChI=1S/C15H18ClNO/c1-10(16)14-17-9-13(18-14)11-7-5-6-8-12(11)15(2,3)4/h5-10H,1-4H3. The largest absolute Gasteiger partial charge is 0.439 e. The molecule has 1 heterocycles. The third-order valence-electron chi connectivity index (χ3n) is 2.86. The van der Waals surface area contributed by atoms with Gasteiger partial charge in [-0.1, -0.05) is 45.0 Å². The Kier molecular flexibility index (Phi) is 3.49. The van der Waals surface area contributed by atoms with E-state index in [2.05, 4.69) is 37.9 Å². The number of rotatable bonds is 2. The molecule has 0 bridgehead atoms. The Hall–Kier alpha value is -1.28. The van der Waals surface area contributed by atoms with Gasteiger partial charge >= 0.3 is 0 Å². The molecule has 0 aliphatic heterocycles. The molecule has 18 heavy (non-hydrogen) atoms. The van der Waals surface area contributed by atoms with Crippen LogP contribution in [-0.4, -0.2) is 4.98 Å². The van der Waals surface area contributed by atoms with Crippen molar-refractivity contribution in [2.45, 2.75) is 38.5 Å². The van der Waals surface area contributed by atoms with Crippen molar-refractivity contribution in [1.82, 2.24) is 4.98 Å². The van der Waals surface area contributed by atoms with Gasteiger partial charge in [0.15, 0.2) is 5.76 Å². The predicted octanol–water partition coefficient (Wildman–Crippen LogP) is 4.94. The smallest absolute Gasteiger partial charge is 0.212 e. The molecular weight excluding hydrogens is 246 g/mol. The minimum atomic E-state index is -0.208. The molecule has 1 aromatic heterocycles. The van der Waals surface area contributed by atoms with E-state index in [4.69, 9.17) is 16.0 Å². The van der Waals surface area contributed by atoms with Crippen molar-refractivity contribution < 1.29 is 4.42 Å². The lowest BCUT2D eigenvalue weighted by molar-refractivity contribution is 0.505. The summed E-state index contributed by atoms with van der Waals surface area (Å²) in [5.41, 5.74) is 2.40. The van der Waals surface area contributed by atoms with Crippen molar-refractivity contribution in [2.24, 2.45) is 0 Å². The first kappa shape index (κ1) is 13.2. The Labute approximate surface area is 113 Å². The zero-order chi connectivity index (χ0) is 13.3. The van der Waals surface area contributed by atoms with E-state index in [1.165, 1.54) is 5.56 Å². The second-order valence-corrected chi connectivity index (χ2v) is 6.13. The summed E-state index contributed by atoms with van der Waals surface area (Å²) in [5.74, 6) is 1.35. The summed E-state index contributed by atoms with van der Waals surface area (Å²) < 4.78 is 5.72. The summed E-state index contributed by atoms with van der Waals surface area (Å²) in [6, 6.07) is 8.24. The Morgan fingerprint density at radius 3 is 2.44 bits per heavy atom. The van der Waals surface area contributed by atoms with Crippen LogP contribution in [0, 0.1) is 0 Å². The van der Waals surface area contributed by atoms with Gasteiger partial charge in [-0.25, -0.2) is 4.98 Å². The first-order valence-electron chi connectivity index (χ1n) is 6.09. The fraction of sp³-hybridized carbons (Fsp3) is 0.400. The predicted molar refractivity (Wildman–Crippen MR) is 74.9 cm³/mol. The third kappa shape index (κ3) is 2.59. The van der Waals surface area contributed by atoms with E-state index >= 15 is 0 Å². The summed E-state index contributed by atoms with van der Waals surface area (Å²) >= 11 is 5.98. The third-order valence-corrected chi connectivity index (χ3v) is 3.05. The van der Waals surface area contributed by atoms with E-state index in [0.717, 1.165) is 11.3 Å². The molecule has 2 rings (SSSR count). The molecule has 1 aromatic carbocycles. The summed E-state index contributed by atoms with van der Waals surface area (Å²) in [4.78, 5) is 4.22. The quantitative estimate of drug-likeness (QED) is 0.718. The number of oxazole rings is 1. The molecule has 0 radical (unpaired) electrons. The molecule has 0 amide bonds. The SMILES string of the molecule is CC(Cl)c1ncc(-c2ccccc2C(C)(C)C)o1. The molecule has 0 fully saturated rings. The fourth-order valence-electron chi connectivity index (χ4n) is 1.95. The first-order chi connectivity index (χ1) is 8.39. The lowest BCUT2D eigenvalue weighted by Gasteiger charge is -2.21. The van der Waals surface area contributed by atoms with Crippen LogP contribution >= 0.6 is 11.6 Å². The summed E-state index contributed by atoms with van der Waals surface area (Å²) in [6.07, 6.45) is 1.75. The summed E-state index contributed by atoms with van der Waals surface area (Å²) in [5, 5.41) is -0.208. The lowest BCUT2D eigenvalue weighted by atomic mass is 9.83. The molecule has 0 aliphatic carbocycles. The molecule has 2 nitrogen and oxygen atoms in total. The zero-order valence-corrected chi connectivity index (χ0v) is 12.0. The molecule has 0 aliphatic rings. The number of alkyl halides is 1. The molecule has 2 aromatic rings. The van der Waals surface area contributed by atoms with Gasteiger partial charge in [0.05, 0.1) is 6.20 Å². The molecule has 0 N–H and O–H groups in total. The average Bonchev–Trinajstić information content (AvgIpc) is 2.77. The van der Waals surface area contributed by atoms with Crippen LogP contribution in [0.2, 0.25) is 0 Å². The van der Waals surface area contributed by atoms with Crippen LogP contribution in [0.3, 0.4) is 0 Å². The van der Waals surface area contributed by atoms with Crippen molar-refractivity contribution in [1.29, 1.82) is 0 Å². The van der Waals surface area contributed by atoms with Gasteiger partial charge in [0, 0.05) is 5.56 Å².